The van der Waals surface area contributed by atoms with Crippen LogP contribution in [0, 0.1) is 0 Å². The zero-order valence-electron chi connectivity index (χ0n) is 15.0. The van der Waals surface area contributed by atoms with E-state index in [0.717, 1.165) is 23.1 Å². The standard InChI is InChI=1S/C16H19BrN2.C2H7NO3S/c1-19(2)12-10-15(16-5-3-4-11-18-16)13-6-8-14(17)9-7-13;3-1-2-7(4,5)6/h3-9,11,15H,10,12H2,1-2H3;1-3H2,(H,4,5,6). The molecule has 0 radical (unpaired) electrons. The fourth-order valence-corrected chi connectivity index (χ4v) is 2.86. The molecule has 3 N–H and O–H groups in total. The van der Waals surface area contributed by atoms with Crippen LogP contribution < -0.4 is 5.73 Å². The maximum atomic E-state index is 9.71. The first-order valence-corrected chi connectivity index (χ1v) is 10.6. The molecule has 0 aliphatic rings. The Labute approximate surface area is 164 Å². The first kappa shape index (κ1) is 22.7. The van der Waals surface area contributed by atoms with Gasteiger partial charge in [-0.05, 0) is 56.9 Å². The van der Waals surface area contributed by atoms with E-state index in [1.807, 2.05) is 12.3 Å². The van der Waals surface area contributed by atoms with Crippen molar-refractivity contribution in [2.45, 2.75) is 12.3 Å². The lowest BCUT2D eigenvalue weighted by Crippen LogP contribution is -2.17. The average Bonchev–Trinajstić information content (AvgIpc) is 2.57. The quantitative estimate of drug-likeness (QED) is 0.638. The predicted octanol–water partition coefficient (Wildman–Crippen LogP) is 2.76. The summed E-state index contributed by atoms with van der Waals surface area (Å²) < 4.78 is 28.4. The molecule has 0 fully saturated rings. The number of hydrogen-bond acceptors (Lipinski definition) is 5. The monoisotopic (exact) mass is 443 g/mol. The molecular formula is C18H26BrN3O3S. The molecule has 0 spiro atoms. The topological polar surface area (TPSA) is 96.5 Å². The van der Waals surface area contributed by atoms with E-state index in [0.29, 0.717) is 5.92 Å². The molecular weight excluding hydrogens is 418 g/mol. The summed E-state index contributed by atoms with van der Waals surface area (Å²) in [6, 6.07) is 14.7. The SMILES string of the molecule is CN(C)CCC(c1ccc(Br)cc1)c1ccccn1.NCCS(=O)(=O)O. The van der Waals surface area contributed by atoms with E-state index in [-0.39, 0.29) is 12.3 Å². The summed E-state index contributed by atoms with van der Waals surface area (Å²) in [6.07, 6.45) is 2.95. The molecule has 26 heavy (non-hydrogen) atoms. The van der Waals surface area contributed by atoms with Crippen LogP contribution in [0.15, 0.2) is 53.1 Å². The molecule has 1 aromatic heterocycles. The number of nitrogens with zero attached hydrogens (tertiary/aromatic N) is 2. The second-order valence-corrected chi connectivity index (χ2v) is 8.51. The van der Waals surface area contributed by atoms with Crippen molar-refractivity contribution < 1.29 is 13.0 Å². The van der Waals surface area contributed by atoms with Crippen molar-refractivity contribution in [3.63, 3.8) is 0 Å². The van der Waals surface area contributed by atoms with Crippen molar-refractivity contribution in [3.8, 4) is 0 Å². The van der Waals surface area contributed by atoms with Gasteiger partial charge in [0.15, 0.2) is 0 Å². The van der Waals surface area contributed by atoms with Gasteiger partial charge in [-0.3, -0.25) is 9.54 Å². The van der Waals surface area contributed by atoms with Crippen molar-refractivity contribution in [1.82, 2.24) is 9.88 Å². The Balaban J connectivity index is 0.000000412. The molecule has 2 rings (SSSR count). The lowest BCUT2D eigenvalue weighted by molar-refractivity contribution is 0.389. The first-order chi connectivity index (χ1) is 12.2. The van der Waals surface area contributed by atoms with Crippen LogP contribution in [0.4, 0.5) is 0 Å². The molecule has 1 aromatic carbocycles. The third kappa shape index (κ3) is 9.40. The second-order valence-electron chi connectivity index (χ2n) is 6.03. The van der Waals surface area contributed by atoms with Crippen LogP contribution in [0.3, 0.4) is 0 Å². The van der Waals surface area contributed by atoms with E-state index in [2.05, 4.69) is 76.3 Å². The normalized spacial score (nSPS) is 12.4. The van der Waals surface area contributed by atoms with E-state index in [1.165, 1.54) is 5.56 Å². The number of benzene rings is 1. The van der Waals surface area contributed by atoms with Crippen LogP contribution in [0.2, 0.25) is 0 Å². The van der Waals surface area contributed by atoms with Crippen molar-refractivity contribution in [1.29, 1.82) is 0 Å². The van der Waals surface area contributed by atoms with Crippen LogP contribution >= 0.6 is 15.9 Å². The second kappa shape index (κ2) is 11.4. The fraction of sp³-hybridized carbons (Fsp3) is 0.389. The number of halogens is 1. The van der Waals surface area contributed by atoms with Gasteiger partial charge in [-0.15, -0.1) is 0 Å². The minimum atomic E-state index is -3.80. The zero-order chi connectivity index (χ0) is 19.6. The Morgan fingerprint density at radius 2 is 1.85 bits per heavy atom. The number of pyridine rings is 1. The molecule has 0 bridgehead atoms. The van der Waals surface area contributed by atoms with Crippen LogP contribution in [0.1, 0.15) is 23.6 Å². The Morgan fingerprint density at radius 1 is 1.19 bits per heavy atom. The summed E-state index contributed by atoms with van der Waals surface area (Å²) in [7, 11) is 0.417. The number of aromatic nitrogens is 1. The summed E-state index contributed by atoms with van der Waals surface area (Å²) in [6.45, 7) is 1.02. The third-order valence-corrected chi connectivity index (χ3v) is 4.84. The molecule has 1 atom stereocenters. The van der Waals surface area contributed by atoms with E-state index in [1.54, 1.807) is 0 Å². The molecule has 6 nitrogen and oxygen atoms in total. The lowest BCUT2D eigenvalue weighted by Gasteiger charge is -2.19. The van der Waals surface area contributed by atoms with Crippen molar-refractivity contribution in [3.05, 3.63) is 64.4 Å². The highest BCUT2D eigenvalue weighted by atomic mass is 79.9. The Hall–Kier alpha value is -1.32. The molecule has 0 aliphatic heterocycles. The van der Waals surface area contributed by atoms with Gasteiger partial charge in [0, 0.05) is 28.8 Å². The summed E-state index contributed by atoms with van der Waals surface area (Å²) in [5, 5.41) is 0. The molecule has 0 aliphatic carbocycles. The molecule has 144 valence electrons. The fourth-order valence-electron chi connectivity index (χ4n) is 2.30. The number of rotatable bonds is 7. The third-order valence-electron chi connectivity index (χ3n) is 3.56. The van der Waals surface area contributed by atoms with Crippen molar-refractivity contribution in [2.24, 2.45) is 5.73 Å². The maximum absolute atomic E-state index is 9.71. The smallest absolute Gasteiger partial charge is 0.266 e. The molecule has 1 heterocycles. The van der Waals surface area contributed by atoms with E-state index in [9.17, 15) is 8.42 Å². The van der Waals surface area contributed by atoms with Gasteiger partial charge in [0.1, 0.15) is 0 Å². The van der Waals surface area contributed by atoms with E-state index < -0.39 is 10.1 Å². The zero-order valence-corrected chi connectivity index (χ0v) is 17.4. The average molecular weight is 444 g/mol. The molecule has 1 unspecified atom stereocenters. The van der Waals surface area contributed by atoms with E-state index >= 15 is 0 Å². The van der Waals surface area contributed by atoms with Gasteiger partial charge in [-0.2, -0.15) is 8.42 Å². The van der Waals surface area contributed by atoms with Gasteiger partial charge in [0.25, 0.3) is 10.1 Å². The summed E-state index contributed by atoms with van der Waals surface area (Å²) in [5.41, 5.74) is 7.24. The van der Waals surface area contributed by atoms with Gasteiger partial charge in [0.05, 0.1) is 5.75 Å². The molecule has 0 saturated heterocycles. The number of hydrogen-bond donors (Lipinski definition) is 2. The Kier molecular flexibility index (Phi) is 9.97. The van der Waals surface area contributed by atoms with Gasteiger partial charge >= 0.3 is 0 Å². The molecule has 8 heteroatoms. The Bertz CT molecular complexity index is 738. The van der Waals surface area contributed by atoms with Gasteiger partial charge in [-0.25, -0.2) is 0 Å². The predicted molar refractivity (Wildman–Crippen MR) is 109 cm³/mol. The minimum Gasteiger partial charge on any atom is -0.329 e. The van der Waals surface area contributed by atoms with E-state index in [4.69, 9.17) is 10.3 Å². The number of nitrogens with two attached hydrogens (primary N) is 1. The highest BCUT2D eigenvalue weighted by molar-refractivity contribution is 9.10. The van der Waals surface area contributed by atoms with Gasteiger partial charge in [0.2, 0.25) is 0 Å². The molecule has 2 aromatic rings. The van der Waals surface area contributed by atoms with Gasteiger partial charge < -0.3 is 10.6 Å². The van der Waals surface area contributed by atoms with Crippen LogP contribution in [-0.2, 0) is 10.1 Å². The van der Waals surface area contributed by atoms with Gasteiger partial charge in [-0.1, -0.05) is 34.1 Å². The maximum Gasteiger partial charge on any atom is 0.266 e. The van der Waals surface area contributed by atoms with Crippen molar-refractivity contribution in [2.75, 3.05) is 32.9 Å². The highest BCUT2D eigenvalue weighted by Gasteiger charge is 2.15. The summed E-state index contributed by atoms with van der Waals surface area (Å²) in [5.74, 6) is 0.00389. The first-order valence-electron chi connectivity index (χ1n) is 8.19. The summed E-state index contributed by atoms with van der Waals surface area (Å²) in [4.78, 5) is 6.74. The molecule has 0 saturated carbocycles. The molecule has 0 amide bonds. The lowest BCUT2D eigenvalue weighted by atomic mass is 9.92. The summed E-state index contributed by atoms with van der Waals surface area (Å²) >= 11 is 3.49. The minimum absolute atomic E-state index is 0.0289. The van der Waals surface area contributed by atoms with Crippen LogP contribution in [-0.4, -0.2) is 55.8 Å². The highest BCUT2D eigenvalue weighted by Crippen LogP contribution is 2.27. The Morgan fingerprint density at radius 3 is 2.27 bits per heavy atom. The van der Waals surface area contributed by atoms with Crippen molar-refractivity contribution >= 4 is 26.0 Å². The van der Waals surface area contributed by atoms with Crippen LogP contribution in [0.5, 0.6) is 0 Å². The largest absolute Gasteiger partial charge is 0.329 e. The van der Waals surface area contributed by atoms with Crippen LogP contribution in [0.25, 0.3) is 0 Å².